The molecular formula is C10H13NO. The van der Waals surface area contributed by atoms with Crippen molar-refractivity contribution in [3.05, 3.63) is 30.5 Å². The van der Waals surface area contributed by atoms with Gasteiger partial charge >= 0.3 is 0 Å². The van der Waals surface area contributed by atoms with Crippen molar-refractivity contribution in [2.24, 2.45) is 0 Å². The van der Waals surface area contributed by atoms with Crippen LogP contribution in [0, 0.1) is 0 Å². The lowest BCUT2D eigenvalue weighted by molar-refractivity contribution is 0.420. The fourth-order valence-corrected chi connectivity index (χ4v) is 1.23. The van der Waals surface area contributed by atoms with E-state index in [2.05, 4.69) is 4.98 Å². The zero-order valence-electron chi connectivity index (χ0n) is 6.29. The molecule has 0 saturated heterocycles. The Balaban J connectivity index is 0.000000720. The Kier molecular flexibility index (Phi) is 2.38. The molecule has 64 valence electrons. The van der Waals surface area contributed by atoms with Crippen molar-refractivity contribution in [1.82, 2.24) is 4.98 Å². The van der Waals surface area contributed by atoms with Crippen LogP contribution in [0.25, 0.3) is 10.9 Å². The molecule has 0 aliphatic heterocycles. The molecule has 0 spiro atoms. The second-order valence-electron chi connectivity index (χ2n) is 2.40. The van der Waals surface area contributed by atoms with Gasteiger partial charge in [-0.1, -0.05) is 13.5 Å². The Morgan fingerprint density at radius 3 is 2.83 bits per heavy atom. The number of methoxy groups -OCH3 is 1. The third kappa shape index (κ3) is 1.16. The monoisotopic (exact) mass is 163 g/mol. The second-order valence-corrected chi connectivity index (χ2v) is 2.40. The van der Waals surface area contributed by atoms with Crippen LogP contribution in [0.2, 0.25) is 0 Å². The Bertz CT molecular complexity index is 365. The number of aromatic nitrogens is 1. The van der Waals surface area contributed by atoms with E-state index in [1.54, 1.807) is 7.11 Å². The number of fused-ring (bicyclic) bond motifs is 1. The van der Waals surface area contributed by atoms with Crippen molar-refractivity contribution in [2.75, 3.05) is 7.11 Å². The Labute approximate surface area is 72.2 Å². The van der Waals surface area contributed by atoms with E-state index in [1.807, 2.05) is 30.5 Å². The maximum Gasteiger partial charge on any atom is 0.128 e. The zero-order valence-corrected chi connectivity index (χ0v) is 6.29. The molecule has 1 heterocycles. The van der Waals surface area contributed by atoms with Gasteiger partial charge in [0.2, 0.25) is 0 Å². The van der Waals surface area contributed by atoms with Crippen LogP contribution in [0.3, 0.4) is 0 Å². The minimum absolute atomic E-state index is 0. The predicted octanol–water partition coefficient (Wildman–Crippen LogP) is 2.81. The first kappa shape index (κ1) is 8.65. The number of hydrogen-bond donors (Lipinski definition) is 1. The molecule has 0 aliphatic carbocycles. The molecule has 0 bridgehead atoms. The lowest BCUT2D eigenvalue weighted by Gasteiger charge is -1.99. The van der Waals surface area contributed by atoms with E-state index in [-0.39, 0.29) is 7.43 Å². The van der Waals surface area contributed by atoms with Gasteiger partial charge in [0.15, 0.2) is 0 Å². The van der Waals surface area contributed by atoms with E-state index in [9.17, 15) is 0 Å². The summed E-state index contributed by atoms with van der Waals surface area (Å²) in [5.41, 5.74) is 1.12. The fourth-order valence-electron chi connectivity index (χ4n) is 1.23. The predicted molar refractivity (Wildman–Crippen MR) is 51.6 cm³/mol. The molecule has 1 aromatic carbocycles. The Morgan fingerprint density at radius 1 is 1.25 bits per heavy atom. The summed E-state index contributed by atoms with van der Waals surface area (Å²) in [5, 5.41) is 1.13. The summed E-state index contributed by atoms with van der Waals surface area (Å²) in [6, 6.07) is 7.96. The summed E-state index contributed by atoms with van der Waals surface area (Å²) in [4.78, 5) is 3.11. The summed E-state index contributed by atoms with van der Waals surface area (Å²) in [6.07, 6.45) is 1.91. The van der Waals surface area contributed by atoms with Crippen LogP contribution in [-0.2, 0) is 0 Å². The number of nitrogens with one attached hydrogen (secondary N) is 1. The maximum atomic E-state index is 5.17. The third-order valence-corrected chi connectivity index (χ3v) is 1.77. The number of H-pyrrole nitrogens is 1. The van der Waals surface area contributed by atoms with Crippen molar-refractivity contribution in [1.29, 1.82) is 0 Å². The Morgan fingerprint density at radius 2 is 2.08 bits per heavy atom. The highest BCUT2D eigenvalue weighted by molar-refractivity contribution is 5.85. The second kappa shape index (κ2) is 3.30. The van der Waals surface area contributed by atoms with Gasteiger partial charge < -0.3 is 9.72 Å². The van der Waals surface area contributed by atoms with Crippen molar-refractivity contribution >= 4 is 10.9 Å². The van der Waals surface area contributed by atoms with E-state index in [4.69, 9.17) is 4.74 Å². The first-order valence-corrected chi connectivity index (χ1v) is 3.52. The fraction of sp³-hybridized carbons (Fsp3) is 0.200. The van der Waals surface area contributed by atoms with Crippen molar-refractivity contribution in [3.8, 4) is 5.75 Å². The summed E-state index contributed by atoms with van der Waals surface area (Å²) in [6.45, 7) is 0. The van der Waals surface area contributed by atoms with Crippen LogP contribution in [0.15, 0.2) is 30.5 Å². The van der Waals surface area contributed by atoms with E-state index in [0.29, 0.717) is 0 Å². The number of hydrogen-bond acceptors (Lipinski definition) is 1. The van der Waals surface area contributed by atoms with Gasteiger partial charge in [0.25, 0.3) is 0 Å². The van der Waals surface area contributed by atoms with Crippen LogP contribution in [0.4, 0.5) is 0 Å². The summed E-state index contributed by atoms with van der Waals surface area (Å²) in [7, 11) is 1.68. The Hall–Kier alpha value is -1.44. The quantitative estimate of drug-likeness (QED) is 0.687. The van der Waals surface area contributed by atoms with Crippen LogP contribution < -0.4 is 4.74 Å². The van der Waals surface area contributed by atoms with E-state index >= 15 is 0 Å². The minimum Gasteiger partial charge on any atom is -0.496 e. The van der Waals surface area contributed by atoms with Gasteiger partial charge in [-0.3, -0.25) is 0 Å². The highest BCUT2D eigenvalue weighted by atomic mass is 16.5. The molecule has 0 amide bonds. The van der Waals surface area contributed by atoms with E-state index < -0.39 is 0 Å². The molecular weight excluding hydrogens is 150 g/mol. The van der Waals surface area contributed by atoms with E-state index in [1.165, 1.54) is 0 Å². The molecule has 0 fully saturated rings. The SMILES string of the molecule is C.COc1cccc2[nH]ccc12. The van der Waals surface area contributed by atoms with Gasteiger partial charge in [-0.25, -0.2) is 0 Å². The normalized spacial score (nSPS) is 9.42. The van der Waals surface area contributed by atoms with Crippen LogP contribution in [-0.4, -0.2) is 12.1 Å². The van der Waals surface area contributed by atoms with Gasteiger partial charge in [0.1, 0.15) is 5.75 Å². The average molecular weight is 163 g/mol. The summed E-state index contributed by atoms with van der Waals surface area (Å²) < 4.78 is 5.17. The van der Waals surface area contributed by atoms with Crippen LogP contribution >= 0.6 is 0 Å². The molecule has 0 saturated carbocycles. The molecule has 0 unspecified atom stereocenters. The lowest BCUT2D eigenvalue weighted by Crippen LogP contribution is -1.81. The van der Waals surface area contributed by atoms with Crippen molar-refractivity contribution < 1.29 is 4.74 Å². The van der Waals surface area contributed by atoms with Gasteiger partial charge in [0, 0.05) is 17.1 Å². The number of ether oxygens (including phenoxy) is 1. The number of aromatic amines is 1. The van der Waals surface area contributed by atoms with Crippen molar-refractivity contribution in [3.63, 3.8) is 0 Å². The molecule has 0 aliphatic rings. The smallest absolute Gasteiger partial charge is 0.128 e. The van der Waals surface area contributed by atoms with Gasteiger partial charge in [0.05, 0.1) is 7.11 Å². The van der Waals surface area contributed by atoms with Crippen molar-refractivity contribution in [2.45, 2.75) is 7.43 Å². The summed E-state index contributed by atoms with van der Waals surface area (Å²) >= 11 is 0. The van der Waals surface area contributed by atoms with Gasteiger partial charge in [-0.2, -0.15) is 0 Å². The largest absolute Gasteiger partial charge is 0.496 e. The highest BCUT2D eigenvalue weighted by Crippen LogP contribution is 2.23. The molecule has 2 heteroatoms. The molecule has 2 nitrogen and oxygen atoms in total. The molecule has 0 radical (unpaired) electrons. The summed E-state index contributed by atoms with van der Waals surface area (Å²) in [5.74, 6) is 0.920. The van der Waals surface area contributed by atoms with Gasteiger partial charge in [-0.05, 0) is 18.2 Å². The first-order chi connectivity index (χ1) is 5.42. The number of benzene rings is 1. The van der Waals surface area contributed by atoms with Crippen LogP contribution in [0.5, 0.6) is 5.75 Å². The topological polar surface area (TPSA) is 25.0 Å². The average Bonchev–Trinajstić information content (AvgIpc) is 2.50. The zero-order chi connectivity index (χ0) is 7.68. The standard InChI is InChI=1S/C9H9NO.CH4/c1-11-9-4-2-3-8-7(9)5-6-10-8;/h2-6,10H,1H3;1H4. The highest BCUT2D eigenvalue weighted by Gasteiger charge is 1.98. The van der Waals surface area contributed by atoms with Gasteiger partial charge in [-0.15, -0.1) is 0 Å². The van der Waals surface area contributed by atoms with Crippen LogP contribution in [0.1, 0.15) is 7.43 Å². The lowest BCUT2D eigenvalue weighted by atomic mass is 10.2. The molecule has 2 aromatic rings. The molecule has 12 heavy (non-hydrogen) atoms. The molecule has 1 N–H and O–H groups in total. The van der Waals surface area contributed by atoms with E-state index in [0.717, 1.165) is 16.7 Å². The minimum atomic E-state index is 0. The third-order valence-electron chi connectivity index (χ3n) is 1.77. The maximum absolute atomic E-state index is 5.17. The molecule has 1 aromatic heterocycles. The number of rotatable bonds is 1. The molecule has 2 rings (SSSR count). The first-order valence-electron chi connectivity index (χ1n) is 3.52. The molecule has 0 atom stereocenters.